The Labute approximate surface area is 129 Å². The fraction of sp³-hybridized carbons (Fsp3) is 0.353. The highest BCUT2D eigenvalue weighted by Gasteiger charge is 2.23. The standard InChI is InChI=1S/C17H20N2OS/c1-17(2,15-4-3-7-21-15)11-19-16(20)12-5-6-13-9-18-10-14(13)8-12/h3-8,18H,9-11H2,1-2H3,(H,19,20). The first kappa shape index (κ1) is 14.3. The average Bonchev–Trinajstić information content (AvgIpc) is 3.14. The Bertz CT molecular complexity index is 647. The summed E-state index contributed by atoms with van der Waals surface area (Å²) in [5, 5.41) is 8.44. The molecule has 0 saturated heterocycles. The van der Waals surface area contributed by atoms with Crippen LogP contribution in [-0.4, -0.2) is 12.5 Å². The minimum atomic E-state index is -0.0396. The first-order valence-electron chi connectivity index (χ1n) is 7.21. The summed E-state index contributed by atoms with van der Waals surface area (Å²) in [6.07, 6.45) is 0. The van der Waals surface area contributed by atoms with Crippen molar-refractivity contribution in [2.45, 2.75) is 32.4 Å². The van der Waals surface area contributed by atoms with Gasteiger partial charge in [-0.2, -0.15) is 0 Å². The van der Waals surface area contributed by atoms with Gasteiger partial charge in [0.15, 0.2) is 0 Å². The number of hydrogen-bond acceptors (Lipinski definition) is 3. The van der Waals surface area contributed by atoms with Crippen LogP contribution in [0.4, 0.5) is 0 Å². The number of rotatable bonds is 4. The second-order valence-electron chi connectivity index (χ2n) is 6.13. The number of carbonyl (C=O) groups is 1. The zero-order valence-corrected chi connectivity index (χ0v) is 13.2. The summed E-state index contributed by atoms with van der Waals surface area (Å²) in [7, 11) is 0. The van der Waals surface area contributed by atoms with E-state index in [0.29, 0.717) is 6.54 Å². The lowest BCUT2D eigenvalue weighted by atomic mass is 9.91. The molecule has 3 rings (SSSR count). The number of carbonyl (C=O) groups excluding carboxylic acids is 1. The van der Waals surface area contributed by atoms with E-state index in [0.717, 1.165) is 18.7 Å². The van der Waals surface area contributed by atoms with E-state index in [-0.39, 0.29) is 11.3 Å². The molecule has 2 N–H and O–H groups in total. The molecule has 1 aromatic carbocycles. The fourth-order valence-corrected chi connectivity index (χ4v) is 3.44. The number of amides is 1. The highest BCUT2D eigenvalue weighted by atomic mass is 32.1. The first-order valence-corrected chi connectivity index (χ1v) is 8.09. The molecule has 0 saturated carbocycles. The molecule has 0 aliphatic carbocycles. The zero-order valence-electron chi connectivity index (χ0n) is 12.4. The quantitative estimate of drug-likeness (QED) is 0.911. The molecule has 0 atom stereocenters. The third-order valence-corrected chi connectivity index (χ3v) is 5.21. The molecule has 0 radical (unpaired) electrons. The Morgan fingerprint density at radius 3 is 2.86 bits per heavy atom. The van der Waals surface area contributed by atoms with Crippen LogP contribution >= 0.6 is 11.3 Å². The predicted molar refractivity (Wildman–Crippen MR) is 86.7 cm³/mol. The van der Waals surface area contributed by atoms with E-state index < -0.39 is 0 Å². The van der Waals surface area contributed by atoms with Crippen LogP contribution in [0.25, 0.3) is 0 Å². The van der Waals surface area contributed by atoms with E-state index in [2.05, 4.69) is 48.1 Å². The van der Waals surface area contributed by atoms with E-state index in [1.165, 1.54) is 16.0 Å². The van der Waals surface area contributed by atoms with Crippen LogP contribution in [0.3, 0.4) is 0 Å². The van der Waals surface area contributed by atoms with Crippen LogP contribution in [0.5, 0.6) is 0 Å². The van der Waals surface area contributed by atoms with Crippen LogP contribution in [0.15, 0.2) is 35.7 Å². The topological polar surface area (TPSA) is 41.1 Å². The highest BCUT2D eigenvalue weighted by molar-refractivity contribution is 7.10. The summed E-state index contributed by atoms with van der Waals surface area (Å²) >= 11 is 1.73. The van der Waals surface area contributed by atoms with Crippen molar-refractivity contribution in [1.82, 2.24) is 10.6 Å². The monoisotopic (exact) mass is 300 g/mol. The Balaban J connectivity index is 1.67. The van der Waals surface area contributed by atoms with Gasteiger partial charge in [-0.3, -0.25) is 4.79 Å². The molecular weight excluding hydrogens is 280 g/mol. The molecule has 2 heterocycles. The van der Waals surface area contributed by atoms with E-state index in [9.17, 15) is 4.79 Å². The van der Waals surface area contributed by atoms with Gasteiger partial charge < -0.3 is 10.6 Å². The van der Waals surface area contributed by atoms with Crippen molar-refractivity contribution in [1.29, 1.82) is 0 Å². The van der Waals surface area contributed by atoms with Crippen molar-refractivity contribution in [2.24, 2.45) is 0 Å². The lowest BCUT2D eigenvalue weighted by Crippen LogP contribution is -2.36. The van der Waals surface area contributed by atoms with Gasteiger partial charge in [0.1, 0.15) is 0 Å². The van der Waals surface area contributed by atoms with E-state index >= 15 is 0 Å². The number of nitrogens with one attached hydrogen (secondary N) is 2. The van der Waals surface area contributed by atoms with Gasteiger partial charge in [-0.1, -0.05) is 26.0 Å². The summed E-state index contributed by atoms with van der Waals surface area (Å²) < 4.78 is 0. The molecule has 0 fully saturated rings. The second-order valence-corrected chi connectivity index (χ2v) is 7.08. The minimum absolute atomic E-state index is 0.00864. The van der Waals surface area contributed by atoms with Crippen molar-refractivity contribution in [2.75, 3.05) is 6.54 Å². The van der Waals surface area contributed by atoms with Crippen molar-refractivity contribution < 1.29 is 4.79 Å². The Morgan fingerprint density at radius 1 is 1.29 bits per heavy atom. The predicted octanol–water partition coefficient (Wildman–Crippen LogP) is 3.06. The zero-order chi connectivity index (χ0) is 14.9. The number of fused-ring (bicyclic) bond motifs is 1. The third-order valence-electron chi connectivity index (χ3n) is 3.98. The van der Waals surface area contributed by atoms with E-state index in [1.54, 1.807) is 11.3 Å². The largest absolute Gasteiger partial charge is 0.351 e. The van der Waals surface area contributed by atoms with Crippen molar-refractivity contribution in [3.8, 4) is 0 Å². The molecule has 1 aliphatic rings. The molecule has 2 aromatic rings. The lowest BCUT2D eigenvalue weighted by molar-refractivity contribution is 0.0946. The van der Waals surface area contributed by atoms with Gasteiger partial charge in [0, 0.05) is 35.5 Å². The molecule has 0 bridgehead atoms. The maximum absolute atomic E-state index is 12.3. The SMILES string of the molecule is CC(C)(CNC(=O)c1ccc2c(c1)CNC2)c1cccs1. The third kappa shape index (κ3) is 3.01. The molecule has 21 heavy (non-hydrogen) atoms. The minimum Gasteiger partial charge on any atom is -0.351 e. The van der Waals surface area contributed by atoms with E-state index in [4.69, 9.17) is 0 Å². The maximum atomic E-state index is 12.3. The Hall–Kier alpha value is -1.65. The molecular formula is C17H20N2OS. The second kappa shape index (κ2) is 5.62. The Kier molecular flexibility index (Phi) is 3.83. The average molecular weight is 300 g/mol. The van der Waals surface area contributed by atoms with Crippen molar-refractivity contribution in [3.05, 3.63) is 57.3 Å². The van der Waals surface area contributed by atoms with Crippen molar-refractivity contribution >= 4 is 17.2 Å². The molecule has 1 amide bonds. The molecule has 1 aliphatic heterocycles. The van der Waals surface area contributed by atoms with Gasteiger partial charge >= 0.3 is 0 Å². The van der Waals surface area contributed by atoms with Crippen LogP contribution in [0, 0.1) is 0 Å². The molecule has 0 spiro atoms. The molecule has 3 nitrogen and oxygen atoms in total. The number of thiophene rings is 1. The molecule has 110 valence electrons. The van der Waals surface area contributed by atoms with Crippen LogP contribution in [0.1, 0.15) is 40.2 Å². The molecule has 1 aromatic heterocycles. The summed E-state index contributed by atoms with van der Waals surface area (Å²) in [6.45, 7) is 6.72. The van der Waals surface area contributed by atoms with Crippen LogP contribution in [0.2, 0.25) is 0 Å². The highest BCUT2D eigenvalue weighted by Crippen LogP contribution is 2.26. The summed E-state index contributed by atoms with van der Waals surface area (Å²) in [6, 6.07) is 10.1. The van der Waals surface area contributed by atoms with Gasteiger partial charge in [-0.25, -0.2) is 0 Å². The number of hydrogen-bond donors (Lipinski definition) is 2. The molecule has 4 heteroatoms. The summed E-state index contributed by atoms with van der Waals surface area (Å²) in [5.41, 5.74) is 3.24. The van der Waals surface area contributed by atoms with Crippen molar-refractivity contribution in [3.63, 3.8) is 0 Å². The summed E-state index contributed by atoms with van der Waals surface area (Å²) in [5.74, 6) is 0.00864. The van der Waals surface area contributed by atoms with Gasteiger partial charge in [0.05, 0.1) is 0 Å². The normalized spacial score (nSPS) is 14.0. The van der Waals surface area contributed by atoms with Crippen LogP contribution in [-0.2, 0) is 18.5 Å². The summed E-state index contributed by atoms with van der Waals surface area (Å²) in [4.78, 5) is 13.6. The van der Waals surface area contributed by atoms with Gasteiger partial charge in [-0.05, 0) is 34.7 Å². The lowest BCUT2D eigenvalue weighted by Gasteiger charge is -2.23. The molecule has 0 unspecified atom stereocenters. The Morgan fingerprint density at radius 2 is 2.10 bits per heavy atom. The van der Waals surface area contributed by atoms with E-state index in [1.807, 2.05) is 12.1 Å². The van der Waals surface area contributed by atoms with Crippen LogP contribution < -0.4 is 10.6 Å². The van der Waals surface area contributed by atoms with Gasteiger partial charge in [-0.15, -0.1) is 11.3 Å². The smallest absolute Gasteiger partial charge is 0.251 e. The maximum Gasteiger partial charge on any atom is 0.251 e. The van der Waals surface area contributed by atoms with Gasteiger partial charge in [0.2, 0.25) is 0 Å². The first-order chi connectivity index (χ1) is 10.1. The fourth-order valence-electron chi connectivity index (χ4n) is 2.59. The number of benzene rings is 1. The van der Waals surface area contributed by atoms with Gasteiger partial charge in [0.25, 0.3) is 5.91 Å².